The Hall–Kier alpha value is -3.21. The number of carbonyl (C=O) groups is 1. The molecule has 0 saturated carbocycles. The number of rotatable bonds is 5. The van der Waals surface area contributed by atoms with E-state index in [2.05, 4.69) is 4.98 Å². The van der Waals surface area contributed by atoms with E-state index in [1.165, 1.54) is 11.6 Å². The van der Waals surface area contributed by atoms with Crippen LogP contribution in [0.2, 0.25) is 0 Å². The molecule has 0 N–H and O–H groups in total. The highest BCUT2D eigenvalue weighted by atomic mass is 127. The van der Waals surface area contributed by atoms with Crippen LogP contribution in [0.15, 0.2) is 58.1 Å². The van der Waals surface area contributed by atoms with Crippen molar-refractivity contribution in [3.63, 3.8) is 0 Å². The molecule has 0 unspecified atom stereocenters. The van der Waals surface area contributed by atoms with Gasteiger partial charge in [0, 0.05) is 42.2 Å². The van der Waals surface area contributed by atoms with Gasteiger partial charge in [-0.15, -0.1) is 0 Å². The van der Waals surface area contributed by atoms with Crippen molar-refractivity contribution in [2.45, 2.75) is 13.5 Å². The molecule has 2 aromatic heterocycles. The lowest BCUT2D eigenvalue weighted by Crippen LogP contribution is -2.37. The van der Waals surface area contributed by atoms with Gasteiger partial charge in [-0.3, -0.25) is 23.3 Å². The molecule has 0 aliphatic rings. The Labute approximate surface area is 190 Å². The van der Waals surface area contributed by atoms with Gasteiger partial charge in [-0.25, -0.2) is 4.79 Å². The van der Waals surface area contributed by atoms with Gasteiger partial charge in [0.1, 0.15) is 5.75 Å². The number of aryl methyl sites for hydroxylation is 2. The number of imidazole rings is 1. The van der Waals surface area contributed by atoms with E-state index in [0.717, 1.165) is 15.7 Å². The first-order valence-electron chi connectivity index (χ1n) is 9.46. The van der Waals surface area contributed by atoms with Crippen LogP contribution in [0.25, 0.3) is 11.2 Å². The summed E-state index contributed by atoms with van der Waals surface area (Å²) in [4.78, 5) is 41.3. The van der Waals surface area contributed by atoms with Gasteiger partial charge < -0.3 is 4.74 Å². The second kappa shape index (κ2) is 8.14. The Kier molecular flexibility index (Phi) is 5.52. The molecule has 9 heteroatoms. The van der Waals surface area contributed by atoms with Crippen LogP contribution in [0.4, 0.5) is 0 Å². The summed E-state index contributed by atoms with van der Waals surface area (Å²) >= 11 is 1.72. The van der Waals surface area contributed by atoms with E-state index >= 15 is 0 Å². The lowest BCUT2D eigenvalue weighted by molar-refractivity contribution is 0.110. The molecule has 2 aromatic carbocycles. The molecular weight excluding hydrogens is 511 g/mol. The largest absolute Gasteiger partial charge is 0.425 e. The molecule has 0 saturated heterocycles. The minimum absolute atomic E-state index is 0.0747. The number of nitrogens with zero attached hydrogens (tertiary/aromatic N) is 4. The molecule has 0 spiro atoms. The zero-order valence-corrected chi connectivity index (χ0v) is 19.3. The first-order chi connectivity index (χ1) is 14.8. The minimum Gasteiger partial charge on any atom is -0.425 e. The third-order valence-corrected chi connectivity index (χ3v) is 5.65. The van der Waals surface area contributed by atoms with E-state index in [0.29, 0.717) is 17.9 Å². The number of hydrogen-bond donors (Lipinski definition) is 0. The van der Waals surface area contributed by atoms with Crippen molar-refractivity contribution in [2.75, 3.05) is 0 Å². The summed E-state index contributed by atoms with van der Waals surface area (Å²) in [6.07, 6.45) is 0. The zero-order chi connectivity index (χ0) is 22.3. The molecule has 31 heavy (non-hydrogen) atoms. The van der Waals surface area contributed by atoms with Crippen molar-refractivity contribution >= 4 is 37.5 Å². The summed E-state index contributed by atoms with van der Waals surface area (Å²) in [6.45, 7) is 2.33. The molecular formula is C22H19IN4O4. The fourth-order valence-corrected chi connectivity index (χ4v) is 3.76. The predicted octanol–water partition coefficient (Wildman–Crippen LogP) is 3.16. The van der Waals surface area contributed by atoms with Crippen LogP contribution >= 0.6 is 22.6 Å². The number of benzene rings is 2. The zero-order valence-electron chi connectivity index (χ0n) is 17.1. The van der Waals surface area contributed by atoms with Gasteiger partial charge in [0.15, 0.2) is 11.2 Å². The topological polar surface area (TPSA) is 88.1 Å². The van der Waals surface area contributed by atoms with Crippen LogP contribution in [0.3, 0.4) is 0 Å². The first kappa shape index (κ1) is 21.0. The van der Waals surface area contributed by atoms with Gasteiger partial charge in [0.2, 0.25) is 3.79 Å². The molecule has 158 valence electrons. The second-order valence-corrected chi connectivity index (χ2v) is 8.23. The van der Waals surface area contributed by atoms with Crippen LogP contribution in [0.5, 0.6) is 11.8 Å². The van der Waals surface area contributed by atoms with Crippen LogP contribution in [0, 0.1) is 6.92 Å². The molecule has 4 rings (SSSR count). The fraction of sp³-hybridized carbons (Fsp3) is 0.182. The summed E-state index contributed by atoms with van der Waals surface area (Å²) in [6, 6.07) is 14.7. The lowest BCUT2D eigenvalue weighted by Gasteiger charge is -2.11. The SMILES string of the molecule is Cc1cccc(Cn2c(Oc3ccc(C(=O)I)cc3)nc3c2c(=O)n(C)c(=O)n3C)c1. The van der Waals surface area contributed by atoms with Crippen molar-refractivity contribution in [1.29, 1.82) is 0 Å². The quantitative estimate of drug-likeness (QED) is 0.292. The number of fused-ring (bicyclic) bond motifs is 1. The highest BCUT2D eigenvalue weighted by Gasteiger charge is 2.21. The van der Waals surface area contributed by atoms with E-state index in [1.54, 1.807) is 58.5 Å². The van der Waals surface area contributed by atoms with Crippen LogP contribution in [-0.4, -0.2) is 22.5 Å². The second-order valence-electron chi connectivity index (χ2n) is 7.25. The van der Waals surface area contributed by atoms with E-state index < -0.39 is 11.2 Å². The van der Waals surface area contributed by atoms with Crippen molar-refractivity contribution < 1.29 is 9.53 Å². The molecule has 2 heterocycles. The molecule has 0 aliphatic heterocycles. The van der Waals surface area contributed by atoms with Gasteiger partial charge in [-0.1, -0.05) is 29.8 Å². The Morgan fingerprint density at radius 1 is 1.06 bits per heavy atom. The molecule has 0 bridgehead atoms. The molecule has 8 nitrogen and oxygen atoms in total. The van der Waals surface area contributed by atoms with Crippen molar-refractivity contribution in [1.82, 2.24) is 18.7 Å². The fourth-order valence-electron chi connectivity index (χ4n) is 3.40. The number of hydrogen-bond acceptors (Lipinski definition) is 5. The maximum Gasteiger partial charge on any atom is 0.332 e. The molecule has 0 aliphatic carbocycles. The molecule has 0 radical (unpaired) electrons. The number of halogens is 1. The Morgan fingerprint density at radius 3 is 2.42 bits per heavy atom. The molecule has 4 aromatic rings. The summed E-state index contributed by atoms with van der Waals surface area (Å²) in [7, 11) is 3.01. The maximum absolute atomic E-state index is 13.0. The predicted molar refractivity (Wildman–Crippen MR) is 125 cm³/mol. The molecule has 0 atom stereocenters. The van der Waals surface area contributed by atoms with Gasteiger partial charge >= 0.3 is 11.7 Å². The molecule has 0 amide bonds. The average molecular weight is 530 g/mol. The summed E-state index contributed by atoms with van der Waals surface area (Å²) in [5, 5.41) is 0. The number of aromatic nitrogens is 4. The van der Waals surface area contributed by atoms with Crippen LogP contribution in [0.1, 0.15) is 21.5 Å². The van der Waals surface area contributed by atoms with E-state index in [4.69, 9.17) is 4.74 Å². The molecule has 0 fully saturated rings. The summed E-state index contributed by atoms with van der Waals surface area (Å²) in [5.74, 6) is 0.462. The number of ether oxygens (including phenoxy) is 1. The Balaban J connectivity index is 1.89. The monoisotopic (exact) mass is 530 g/mol. The lowest BCUT2D eigenvalue weighted by atomic mass is 10.1. The standard InChI is InChI=1S/C22H19IN4O4/c1-13-5-4-6-14(11-13)12-27-17-19(25(2)22(30)26(3)20(17)29)24-21(27)31-16-9-7-15(8-10-16)18(23)28/h4-11H,12H2,1-3H3. The van der Waals surface area contributed by atoms with Gasteiger partial charge in [-0.05, 0) is 36.8 Å². The minimum atomic E-state index is -0.464. The number of carbonyl (C=O) groups excluding carboxylic acids is 1. The summed E-state index contributed by atoms with van der Waals surface area (Å²) < 4.78 is 9.98. The van der Waals surface area contributed by atoms with Crippen LogP contribution < -0.4 is 16.0 Å². The average Bonchev–Trinajstić information content (AvgIpc) is 3.09. The first-order valence-corrected chi connectivity index (χ1v) is 10.5. The highest BCUT2D eigenvalue weighted by Crippen LogP contribution is 2.26. The Bertz CT molecular complexity index is 1430. The highest BCUT2D eigenvalue weighted by molar-refractivity contribution is 14.1. The normalized spacial score (nSPS) is 11.1. The van der Waals surface area contributed by atoms with E-state index in [1.807, 2.05) is 31.2 Å². The van der Waals surface area contributed by atoms with E-state index in [-0.39, 0.29) is 21.0 Å². The summed E-state index contributed by atoms with van der Waals surface area (Å²) in [5.41, 5.74) is 2.22. The van der Waals surface area contributed by atoms with Gasteiger partial charge in [0.25, 0.3) is 5.56 Å². The Morgan fingerprint density at radius 2 is 1.77 bits per heavy atom. The smallest absolute Gasteiger partial charge is 0.332 e. The van der Waals surface area contributed by atoms with Gasteiger partial charge in [-0.2, -0.15) is 4.98 Å². The third-order valence-electron chi connectivity index (χ3n) is 5.03. The van der Waals surface area contributed by atoms with Gasteiger partial charge in [0.05, 0.1) is 6.54 Å². The maximum atomic E-state index is 13.0. The third kappa shape index (κ3) is 3.92. The van der Waals surface area contributed by atoms with Crippen LogP contribution in [-0.2, 0) is 20.6 Å². The van der Waals surface area contributed by atoms with Crippen molar-refractivity contribution in [3.8, 4) is 11.8 Å². The van der Waals surface area contributed by atoms with Crippen molar-refractivity contribution in [3.05, 3.63) is 86.1 Å². The van der Waals surface area contributed by atoms with Crippen molar-refractivity contribution in [2.24, 2.45) is 14.1 Å². The van der Waals surface area contributed by atoms with E-state index in [9.17, 15) is 14.4 Å².